The van der Waals surface area contributed by atoms with Gasteiger partial charge in [-0.2, -0.15) is 0 Å². The van der Waals surface area contributed by atoms with Crippen LogP contribution in [0.15, 0.2) is 24.3 Å². The van der Waals surface area contributed by atoms with Gasteiger partial charge in [-0.1, -0.05) is 12.1 Å². The van der Waals surface area contributed by atoms with Gasteiger partial charge in [0.1, 0.15) is 5.75 Å². The van der Waals surface area contributed by atoms with Gasteiger partial charge in [0.25, 0.3) is 0 Å². The van der Waals surface area contributed by atoms with E-state index in [9.17, 15) is 18.3 Å². The zero-order valence-electron chi connectivity index (χ0n) is 13.8. The maximum Gasteiger partial charge on any atom is 0.573 e. The van der Waals surface area contributed by atoms with Crippen molar-refractivity contribution < 1.29 is 27.8 Å². The minimum atomic E-state index is -4.71. The molecule has 8 heteroatoms. The largest absolute Gasteiger partial charge is 0.573 e. The van der Waals surface area contributed by atoms with Crippen molar-refractivity contribution in [2.75, 3.05) is 46.9 Å². The Morgan fingerprint density at radius 3 is 2.58 bits per heavy atom. The van der Waals surface area contributed by atoms with Gasteiger partial charge in [0.05, 0.1) is 18.8 Å². The van der Waals surface area contributed by atoms with Crippen molar-refractivity contribution in [3.05, 3.63) is 29.8 Å². The topological polar surface area (TPSA) is 45.2 Å². The van der Waals surface area contributed by atoms with Crippen molar-refractivity contribution in [2.45, 2.75) is 18.6 Å². The average molecular weight is 348 g/mol. The molecule has 0 bridgehead atoms. The summed E-state index contributed by atoms with van der Waals surface area (Å²) in [6.07, 6.45) is -5.40. The molecule has 1 aliphatic heterocycles. The summed E-state index contributed by atoms with van der Waals surface area (Å²) < 4.78 is 45.9. The van der Waals surface area contributed by atoms with E-state index in [1.807, 2.05) is 19.0 Å². The fraction of sp³-hybridized carbons (Fsp3) is 0.625. The molecule has 1 aromatic rings. The molecular weight excluding hydrogens is 325 g/mol. The van der Waals surface area contributed by atoms with Gasteiger partial charge in [0, 0.05) is 26.2 Å². The third-order valence-corrected chi connectivity index (χ3v) is 3.72. The molecule has 0 aliphatic carbocycles. The Kier molecular flexibility index (Phi) is 6.45. The second-order valence-corrected chi connectivity index (χ2v) is 6.15. The molecule has 0 unspecified atom stereocenters. The van der Waals surface area contributed by atoms with Crippen molar-refractivity contribution in [3.63, 3.8) is 0 Å². The van der Waals surface area contributed by atoms with Crippen LogP contribution in [0.25, 0.3) is 0 Å². The summed E-state index contributed by atoms with van der Waals surface area (Å²) in [5, 5.41) is 10.3. The Morgan fingerprint density at radius 1 is 1.33 bits per heavy atom. The van der Waals surface area contributed by atoms with Crippen molar-refractivity contribution in [1.82, 2.24) is 9.80 Å². The van der Waals surface area contributed by atoms with Crippen LogP contribution in [-0.2, 0) is 4.74 Å². The highest BCUT2D eigenvalue weighted by Gasteiger charge is 2.31. The van der Waals surface area contributed by atoms with Crippen LogP contribution in [0.5, 0.6) is 5.75 Å². The SMILES string of the molecule is CN(C)C[C@H]1CN(C[C@@H](O)c2ccc(OC(F)(F)F)cc2)CCO1. The van der Waals surface area contributed by atoms with Crippen LogP contribution >= 0.6 is 0 Å². The third-order valence-electron chi connectivity index (χ3n) is 3.72. The first kappa shape index (κ1) is 19.0. The molecule has 2 rings (SSSR count). The molecule has 24 heavy (non-hydrogen) atoms. The van der Waals surface area contributed by atoms with Gasteiger partial charge >= 0.3 is 6.36 Å². The molecule has 0 radical (unpaired) electrons. The first-order valence-electron chi connectivity index (χ1n) is 7.75. The minimum absolute atomic E-state index is 0.0866. The number of alkyl halides is 3. The summed E-state index contributed by atoms with van der Waals surface area (Å²) >= 11 is 0. The molecule has 2 atom stereocenters. The van der Waals surface area contributed by atoms with Crippen LogP contribution in [-0.4, -0.2) is 74.3 Å². The van der Waals surface area contributed by atoms with Crippen molar-refractivity contribution in [2.24, 2.45) is 0 Å². The van der Waals surface area contributed by atoms with Gasteiger partial charge < -0.3 is 19.5 Å². The predicted octanol–water partition coefficient (Wildman–Crippen LogP) is 1.88. The van der Waals surface area contributed by atoms with Crippen LogP contribution in [0.1, 0.15) is 11.7 Å². The molecule has 5 nitrogen and oxygen atoms in total. The lowest BCUT2D eigenvalue weighted by molar-refractivity contribution is -0.274. The fourth-order valence-corrected chi connectivity index (χ4v) is 2.71. The Balaban J connectivity index is 1.88. The van der Waals surface area contributed by atoms with Crippen molar-refractivity contribution in [1.29, 1.82) is 0 Å². The maximum atomic E-state index is 12.1. The Labute approximate surface area is 139 Å². The van der Waals surface area contributed by atoms with Crippen LogP contribution in [0, 0.1) is 0 Å². The number of ether oxygens (including phenoxy) is 2. The predicted molar refractivity (Wildman–Crippen MR) is 82.8 cm³/mol. The number of aliphatic hydroxyl groups is 1. The highest BCUT2D eigenvalue weighted by Crippen LogP contribution is 2.25. The van der Waals surface area contributed by atoms with E-state index >= 15 is 0 Å². The highest BCUT2D eigenvalue weighted by molar-refractivity contribution is 5.28. The van der Waals surface area contributed by atoms with Gasteiger partial charge in [0.2, 0.25) is 0 Å². The second-order valence-electron chi connectivity index (χ2n) is 6.15. The molecule has 1 aromatic carbocycles. The zero-order valence-corrected chi connectivity index (χ0v) is 13.8. The Hall–Kier alpha value is -1.35. The number of rotatable bonds is 6. The van der Waals surface area contributed by atoms with E-state index in [1.165, 1.54) is 24.3 Å². The van der Waals surface area contributed by atoms with Crippen LogP contribution in [0.2, 0.25) is 0 Å². The number of halogens is 3. The Morgan fingerprint density at radius 2 is 2.00 bits per heavy atom. The summed E-state index contributed by atoms with van der Waals surface area (Å²) in [5.74, 6) is -0.295. The lowest BCUT2D eigenvalue weighted by Gasteiger charge is -2.35. The summed E-state index contributed by atoms with van der Waals surface area (Å²) in [4.78, 5) is 4.15. The van der Waals surface area contributed by atoms with Crippen LogP contribution in [0.3, 0.4) is 0 Å². The molecule has 1 fully saturated rings. The summed E-state index contributed by atoms with van der Waals surface area (Å²) in [7, 11) is 3.95. The summed E-state index contributed by atoms with van der Waals surface area (Å²) in [6, 6.07) is 5.31. The van der Waals surface area contributed by atoms with Gasteiger partial charge in [0.15, 0.2) is 0 Å². The quantitative estimate of drug-likeness (QED) is 0.851. The molecule has 0 spiro atoms. The van der Waals surface area contributed by atoms with Crippen molar-refractivity contribution in [3.8, 4) is 5.75 Å². The van der Waals surface area contributed by atoms with Gasteiger partial charge in [-0.3, -0.25) is 4.90 Å². The number of aliphatic hydroxyl groups excluding tert-OH is 1. The molecule has 1 saturated heterocycles. The number of morpholine rings is 1. The van der Waals surface area contributed by atoms with Gasteiger partial charge in [-0.15, -0.1) is 13.2 Å². The second kappa shape index (κ2) is 8.15. The van der Waals surface area contributed by atoms with E-state index in [-0.39, 0.29) is 11.9 Å². The molecule has 0 saturated carbocycles. The van der Waals surface area contributed by atoms with E-state index in [0.717, 1.165) is 13.1 Å². The summed E-state index contributed by atoms with van der Waals surface area (Å²) in [6.45, 7) is 3.24. The van der Waals surface area contributed by atoms with E-state index in [0.29, 0.717) is 25.3 Å². The monoisotopic (exact) mass is 348 g/mol. The molecule has 1 heterocycles. The van der Waals surface area contributed by atoms with E-state index in [4.69, 9.17) is 4.74 Å². The smallest absolute Gasteiger partial charge is 0.406 e. The number of hydrogen-bond donors (Lipinski definition) is 1. The average Bonchev–Trinajstić information content (AvgIpc) is 2.46. The molecule has 0 amide bonds. The maximum absolute atomic E-state index is 12.1. The Bertz CT molecular complexity index is 508. The lowest BCUT2D eigenvalue weighted by atomic mass is 10.1. The highest BCUT2D eigenvalue weighted by atomic mass is 19.4. The van der Waals surface area contributed by atoms with E-state index < -0.39 is 12.5 Å². The number of β-amino-alcohol motifs (C(OH)–C–C–N with tert-alkyl or cyclic N) is 1. The van der Waals surface area contributed by atoms with E-state index in [2.05, 4.69) is 9.64 Å². The number of hydrogen-bond acceptors (Lipinski definition) is 5. The standard InChI is InChI=1S/C16H23F3N2O3/c1-20(2)9-14-10-21(7-8-23-14)11-15(22)12-3-5-13(6-4-12)24-16(17,18)19/h3-6,14-15,22H,7-11H2,1-2H3/t14-,15+/m0/s1. The van der Waals surface area contributed by atoms with Crippen molar-refractivity contribution >= 4 is 0 Å². The number of nitrogens with zero attached hydrogens (tertiary/aromatic N) is 2. The van der Waals surface area contributed by atoms with Crippen LogP contribution < -0.4 is 4.74 Å². The number of benzene rings is 1. The summed E-state index contributed by atoms with van der Waals surface area (Å²) in [5.41, 5.74) is 0.556. The lowest BCUT2D eigenvalue weighted by Crippen LogP contribution is -2.47. The van der Waals surface area contributed by atoms with Crippen LogP contribution in [0.4, 0.5) is 13.2 Å². The number of likely N-dealkylation sites (N-methyl/N-ethyl adjacent to an activating group) is 1. The van der Waals surface area contributed by atoms with Gasteiger partial charge in [-0.05, 0) is 31.8 Å². The molecule has 1 N–H and O–H groups in total. The van der Waals surface area contributed by atoms with E-state index in [1.54, 1.807) is 0 Å². The molecule has 0 aromatic heterocycles. The molecular formula is C16H23F3N2O3. The molecule has 1 aliphatic rings. The minimum Gasteiger partial charge on any atom is -0.406 e. The normalized spacial score (nSPS) is 21.0. The third kappa shape index (κ3) is 6.27. The first-order chi connectivity index (χ1) is 11.2. The zero-order chi connectivity index (χ0) is 17.7. The van der Waals surface area contributed by atoms with Gasteiger partial charge in [-0.25, -0.2) is 0 Å². The molecule has 136 valence electrons. The first-order valence-corrected chi connectivity index (χ1v) is 7.75. The fourth-order valence-electron chi connectivity index (χ4n) is 2.71.